The standard InChI is InChI=1S/2C8H10.C3H4O2/c2*1-7-5-3-4-6-8(7)2;1-2-3(4)5/h2*3-6H,1-2H3;2H,1H2,(H,4,5). The molecule has 21 heavy (non-hydrogen) atoms. The topological polar surface area (TPSA) is 37.3 Å². The number of hydrogen-bond donors (Lipinski definition) is 1. The third-order valence-electron chi connectivity index (χ3n) is 3.03. The molecule has 0 bridgehead atoms. The smallest absolute Gasteiger partial charge is 0.327 e. The molecule has 0 saturated carbocycles. The van der Waals surface area contributed by atoms with Crippen molar-refractivity contribution >= 4 is 5.97 Å². The van der Waals surface area contributed by atoms with E-state index in [0.717, 1.165) is 6.08 Å². The molecule has 2 aromatic rings. The third kappa shape index (κ3) is 9.22. The number of aliphatic carboxylic acids is 1. The Bertz CT molecular complexity index is 486. The van der Waals surface area contributed by atoms with E-state index in [-0.39, 0.29) is 0 Å². The first-order chi connectivity index (χ1) is 9.88. The van der Waals surface area contributed by atoms with Crippen molar-refractivity contribution in [1.29, 1.82) is 0 Å². The van der Waals surface area contributed by atoms with Gasteiger partial charge >= 0.3 is 5.97 Å². The highest BCUT2D eigenvalue weighted by Gasteiger charge is 1.84. The minimum atomic E-state index is -0.981. The lowest BCUT2D eigenvalue weighted by atomic mass is 10.1. The van der Waals surface area contributed by atoms with Crippen molar-refractivity contribution in [3.05, 3.63) is 83.4 Å². The van der Waals surface area contributed by atoms with Gasteiger partial charge in [0.25, 0.3) is 0 Å². The number of aryl methyl sites for hydroxylation is 4. The lowest BCUT2D eigenvalue weighted by Crippen LogP contribution is -1.82. The van der Waals surface area contributed by atoms with Crippen LogP contribution in [0.4, 0.5) is 0 Å². The first-order valence-electron chi connectivity index (χ1n) is 6.78. The van der Waals surface area contributed by atoms with Gasteiger partial charge in [-0.15, -0.1) is 0 Å². The van der Waals surface area contributed by atoms with E-state index in [1.54, 1.807) is 0 Å². The lowest BCUT2D eigenvalue weighted by molar-refractivity contribution is -0.131. The molecule has 0 heterocycles. The predicted molar refractivity (Wildman–Crippen MR) is 89.7 cm³/mol. The maximum absolute atomic E-state index is 9.25. The number of carboxylic acid groups (broad SMARTS) is 1. The van der Waals surface area contributed by atoms with Crippen LogP contribution in [0, 0.1) is 27.7 Å². The van der Waals surface area contributed by atoms with E-state index < -0.39 is 5.97 Å². The van der Waals surface area contributed by atoms with Crippen LogP contribution >= 0.6 is 0 Å². The number of carboxylic acids is 1. The summed E-state index contributed by atoms with van der Waals surface area (Å²) in [6, 6.07) is 16.7. The third-order valence-corrected chi connectivity index (χ3v) is 3.03. The molecule has 0 aliphatic rings. The summed E-state index contributed by atoms with van der Waals surface area (Å²) in [5.74, 6) is -0.981. The van der Waals surface area contributed by atoms with Crippen molar-refractivity contribution in [2.75, 3.05) is 0 Å². The van der Waals surface area contributed by atoms with Gasteiger partial charge < -0.3 is 5.11 Å². The van der Waals surface area contributed by atoms with Crippen LogP contribution in [-0.4, -0.2) is 11.1 Å². The zero-order chi connectivity index (χ0) is 16.3. The molecule has 1 N–H and O–H groups in total. The van der Waals surface area contributed by atoms with E-state index in [1.807, 2.05) is 0 Å². The fourth-order valence-corrected chi connectivity index (χ4v) is 1.33. The van der Waals surface area contributed by atoms with Crippen molar-refractivity contribution in [3.63, 3.8) is 0 Å². The fraction of sp³-hybridized carbons (Fsp3) is 0.211. The first kappa shape index (κ1) is 18.6. The maximum atomic E-state index is 9.25. The van der Waals surface area contributed by atoms with Gasteiger partial charge in [-0.3, -0.25) is 0 Å². The van der Waals surface area contributed by atoms with Crippen molar-refractivity contribution < 1.29 is 9.90 Å². The van der Waals surface area contributed by atoms with Crippen LogP contribution < -0.4 is 0 Å². The molecule has 2 nitrogen and oxygen atoms in total. The van der Waals surface area contributed by atoms with E-state index in [2.05, 4.69) is 82.8 Å². The summed E-state index contributed by atoms with van der Waals surface area (Å²) >= 11 is 0. The van der Waals surface area contributed by atoms with Gasteiger partial charge in [0.2, 0.25) is 0 Å². The van der Waals surface area contributed by atoms with E-state index in [1.165, 1.54) is 22.3 Å². The van der Waals surface area contributed by atoms with Crippen LogP contribution in [0.5, 0.6) is 0 Å². The molecule has 0 atom stereocenters. The Morgan fingerprint density at radius 1 is 0.810 bits per heavy atom. The predicted octanol–water partition coefficient (Wildman–Crippen LogP) is 4.86. The molecule has 0 aliphatic carbocycles. The highest BCUT2D eigenvalue weighted by Crippen LogP contribution is 2.03. The molecule has 2 rings (SSSR count). The van der Waals surface area contributed by atoms with Gasteiger partial charge in [-0.1, -0.05) is 55.1 Å². The molecular weight excluding hydrogens is 260 g/mol. The van der Waals surface area contributed by atoms with Gasteiger partial charge in [0, 0.05) is 6.08 Å². The minimum Gasteiger partial charge on any atom is -0.478 e. The average molecular weight is 284 g/mol. The Balaban J connectivity index is 0.000000296. The second-order valence-electron chi connectivity index (χ2n) is 4.71. The Kier molecular flexibility index (Phi) is 9.27. The Hall–Kier alpha value is -2.35. The van der Waals surface area contributed by atoms with Crippen LogP contribution in [0.1, 0.15) is 22.3 Å². The highest BCUT2D eigenvalue weighted by atomic mass is 16.4. The van der Waals surface area contributed by atoms with E-state index in [4.69, 9.17) is 5.11 Å². The van der Waals surface area contributed by atoms with Gasteiger partial charge in [-0.25, -0.2) is 4.79 Å². The maximum Gasteiger partial charge on any atom is 0.327 e. The SMILES string of the molecule is C=CC(=O)O.Cc1ccccc1C.Cc1ccccc1C. The van der Waals surface area contributed by atoms with Crippen LogP contribution in [-0.2, 0) is 4.79 Å². The second kappa shape index (κ2) is 10.4. The van der Waals surface area contributed by atoms with Gasteiger partial charge in [0.15, 0.2) is 0 Å². The summed E-state index contributed by atoms with van der Waals surface area (Å²) in [5, 5.41) is 7.60. The minimum absolute atomic E-state index is 0.833. The monoisotopic (exact) mass is 284 g/mol. The van der Waals surface area contributed by atoms with E-state index in [9.17, 15) is 4.79 Å². The Morgan fingerprint density at radius 3 is 1.10 bits per heavy atom. The van der Waals surface area contributed by atoms with Gasteiger partial charge in [-0.05, 0) is 49.9 Å². The number of benzene rings is 2. The molecule has 0 spiro atoms. The quantitative estimate of drug-likeness (QED) is 0.759. The molecule has 0 aromatic heterocycles. The fourth-order valence-electron chi connectivity index (χ4n) is 1.33. The number of hydrogen-bond acceptors (Lipinski definition) is 1. The normalized spacial score (nSPS) is 8.57. The van der Waals surface area contributed by atoms with Crippen LogP contribution in [0.2, 0.25) is 0 Å². The summed E-state index contributed by atoms with van der Waals surface area (Å²) in [6.45, 7) is 11.4. The van der Waals surface area contributed by atoms with Gasteiger partial charge in [-0.2, -0.15) is 0 Å². The summed E-state index contributed by atoms with van der Waals surface area (Å²) in [4.78, 5) is 9.25. The van der Waals surface area contributed by atoms with Crippen LogP contribution in [0.3, 0.4) is 0 Å². The van der Waals surface area contributed by atoms with Crippen LogP contribution in [0.25, 0.3) is 0 Å². The Morgan fingerprint density at radius 2 is 1.00 bits per heavy atom. The first-order valence-corrected chi connectivity index (χ1v) is 6.78. The van der Waals surface area contributed by atoms with Crippen molar-refractivity contribution in [1.82, 2.24) is 0 Å². The summed E-state index contributed by atoms with van der Waals surface area (Å²) in [7, 11) is 0. The lowest BCUT2D eigenvalue weighted by Gasteiger charge is -1.93. The molecule has 2 aromatic carbocycles. The summed E-state index contributed by atoms with van der Waals surface area (Å²) in [6.07, 6.45) is 0.833. The second-order valence-corrected chi connectivity index (χ2v) is 4.71. The molecule has 0 amide bonds. The van der Waals surface area contributed by atoms with E-state index in [0.29, 0.717) is 0 Å². The molecule has 0 fully saturated rings. The largest absolute Gasteiger partial charge is 0.478 e. The number of rotatable bonds is 1. The van der Waals surface area contributed by atoms with Crippen molar-refractivity contribution in [3.8, 4) is 0 Å². The van der Waals surface area contributed by atoms with Crippen LogP contribution in [0.15, 0.2) is 61.2 Å². The summed E-state index contributed by atoms with van der Waals surface area (Å²) < 4.78 is 0. The number of carbonyl (C=O) groups is 1. The Labute approximate surface area is 127 Å². The van der Waals surface area contributed by atoms with Crippen molar-refractivity contribution in [2.45, 2.75) is 27.7 Å². The molecular formula is C19H24O2. The zero-order valence-electron chi connectivity index (χ0n) is 13.3. The molecule has 0 unspecified atom stereocenters. The molecule has 112 valence electrons. The average Bonchev–Trinajstić information content (AvgIpc) is 2.47. The van der Waals surface area contributed by atoms with Gasteiger partial charge in [0.1, 0.15) is 0 Å². The van der Waals surface area contributed by atoms with Gasteiger partial charge in [0.05, 0.1) is 0 Å². The van der Waals surface area contributed by atoms with E-state index >= 15 is 0 Å². The highest BCUT2D eigenvalue weighted by molar-refractivity contribution is 5.78. The molecule has 0 saturated heterocycles. The molecule has 0 radical (unpaired) electrons. The molecule has 0 aliphatic heterocycles. The summed E-state index contributed by atoms with van der Waals surface area (Å²) in [5.41, 5.74) is 5.47. The molecule has 2 heteroatoms. The van der Waals surface area contributed by atoms with Crippen molar-refractivity contribution in [2.24, 2.45) is 0 Å². The zero-order valence-corrected chi connectivity index (χ0v) is 13.3.